The van der Waals surface area contributed by atoms with Crippen LogP contribution in [0.1, 0.15) is 37.4 Å². The van der Waals surface area contributed by atoms with Crippen LogP contribution in [0.2, 0.25) is 0 Å². The summed E-state index contributed by atoms with van der Waals surface area (Å²) in [6, 6.07) is 10.7. The molecule has 3 aromatic rings. The molecule has 0 bridgehead atoms. The van der Waals surface area contributed by atoms with Crippen molar-refractivity contribution in [3.63, 3.8) is 0 Å². The molecule has 26 heavy (non-hydrogen) atoms. The van der Waals surface area contributed by atoms with Gasteiger partial charge in [0.15, 0.2) is 0 Å². The number of aromatic carboxylic acids is 2. The van der Waals surface area contributed by atoms with Crippen molar-refractivity contribution in [3.8, 4) is 11.3 Å². The number of carbonyl (C=O) groups is 2. The lowest BCUT2D eigenvalue weighted by atomic mass is 9.92. The molecule has 3 N–H and O–H groups in total. The maximum absolute atomic E-state index is 11.7. The average molecular weight is 415 g/mol. The van der Waals surface area contributed by atoms with Gasteiger partial charge in [-0.3, -0.25) is 5.10 Å². The Bertz CT molecular complexity index is 993. The molecule has 0 aliphatic heterocycles. The Morgan fingerprint density at radius 2 is 1.73 bits per heavy atom. The largest absolute Gasteiger partial charge is 0.478 e. The molecule has 132 valence electrons. The number of hydrogen-bond donors (Lipinski definition) is 3. The van der Waals surface area contributed by atoms with Crippen molar-refractivity contribution in [3.05, 3.63) is 74.9 Å². The Labute approximate surface area is 157 Å². The third-order valence-electron chi connectivity index (χ3n) is 4.23. The molecule has 6 nitrogen and oxygen atoms in total. The lowest BCUT2D eigenvalue weighted by Gasteiger charge is -2.12. The lowest BCUT2D eigenvalue weighted by molar-refractivity contribution is 0.0695. The molecule has 0 spiro atoms. The van der Waals surface area contributed by atoms with Gasteiger partial charge in [-0.2, -0.15) is 5.10 Å². The van der Waals surface area contributed by atoms with Crippen molar-refractivity contribution in [2.75, 3.05) is 0 Å². The molecule has 0 radical (unpaired) electrons. The van der Waals surface area contributed by atoms with Gasteiger partial charge in [0.2, 0.25) is 0 Å². The molecular formula is C19H15BrN2O4. The Morgan fingerprint density at radius 1 is 1.04 bits per heavy atom. The number of H-pyrrole nitrogens is 1. The minimum atomic E-state index is -1.14. The van der Waals surface area contributed by atoms with Crippen molar-refractivity contribution >= 4 is 27.9 Å². The number of halogens is 1. The molecule has 3 rings (SSSR count). The third kappa shape index (κ3) is 3.39. The van der Waals surface area contributed by atoms with Gasteiger partial charge in [0, 0.05) is 16.5 Å². The highest BCUT2D eigenvalue weighted by molar-refractivity contribution is 9.10. The zero-order valence-corrected chi connectivity index (χ0v) is 15.4. The van der Waals surface area contributed by atoms with Gasteiger partial charge in [-0.15, -0.1) is 0 Å². The van der Waals surface area contributed by atoms with Crippen LogP contribution in [0.4, 0.5) is 0 Å². The van der Waals surface area contributed by atoms with E-state index >= 15 is 0 Å². The molecule has 0 fully saturated rings. The molecule has 0 unspecified atom stereocenters. The van der Waals surface area contributed by atoms with Gasteiger partial charge >= 0.3 is 11.9 Å². The smallest absolute Gasteiger partial charge is 0.336 e. The fourth-order valence-corrected chi connectivity index (χ4v) is 3.23. The fourth-order valence-electron chi connectivity index (χ4n) is 2.96. The molecular weight excluding hydrogens is 400 g/mol. The molecule has 0 saturated carbocycles. The summed E-state index contributed by atoms with van der Waals surface area (Å²) in [6.45, 7) is 1.52. The first-order valence-corrected chi connectivity index (χ1v) is 8.55. The quantitative estimate of drug-likeness (QED) is 0.581. The SMILES string of the molecule is Cc1c(C(=O)O)ccc(Cc2cn[nH]c2-c2ccc(Br)cc2)c1C(=O)O. The summed E-state index contributed by atoms with van der Waals surface area (Å²) in [5.74, 6) is -2.29. The Kier molecular flexibility index (Phi) is 4.90. The van der Waals surface area contributed by atoms with Crippen LogP contribution in [0.3, 0.4) is 0 Å². The Morgan fingerprint density at radius 3 is 2.35 bits per heavy atom. The van der Waals surface area contributed by atoms with E-state index in [0.717, 1.165) is 21.3 Å². The monoisotopic (exact) mass is 414 g/mol. The van der Waals surface area contributed by atoms with E-state index in [9.17, 15) is 19.8 Å². The van der Waals surface area contributed by atoms with E-state index in [2.05, 4.69) is 26.1 Å². The first-order valence-electron chi connectivity index (χ1n) is 7.75. The first-order chi connectivity index (χ1) is 12.4. The van der Waals surface area contributed by atoms with Crippen LogP contribution in [0.5, 0.6) is 0 Å². The standard InChI is InChI=1S/C19H15BrN2O4/c1-10-15(18(23)24)7-4-12(16(10)19(25)26)8-13-9-21-22-17(13)11-2-5-14(20)6-3-11/h2-7,9H,8H2,1H3,(H,21,22)(H,23,24)(H,25,26). The lowest BCUT2D eigenvalue weighted by Crippen LogP contribution is -2.11. The molecule has 1 aromatic heterocycles. The van der Waals surface area contributed by atoms with Crippen LogP contribution in [-0.4, -0.2) is 32.3 Å². The minimum Gasteiger partial charge on any atom is -0.478 e. The van der Waals surface area contributed by atoms with Crippen molar-refractivity contribution in [2.45, 2.75) is 13.3 Å². The second-order valence-electron chi connectivity index (χ2n) is 5.84. The van der Waals surface area contributed by atoms with Crippen molar-refractivity contribution in [1.82, 2.24) is 10.2 Å². The number of carboxylic acids is 2. The number of aromatic nitrogens is 2. The number of aromatic amines is 1. The third-order valence-corrected chi connectivity index (χ3v) is 4.76. The molecule has 0 saturated heterocycles. The number of carboxylic acid groups (broad SMARTS) is 2. The Balaban J connectivity index is 2.04. The highest BCUT2D eigenvalue weighted by atomic mass is 79.9. The van der Waals surface area contributed by atoms with Gasteiger partial charge in [0.25, 0.3) is 0 Å². The first kappa shape index (κ1) is 17.9. The van der Waals surface area contributed by atoms with Crippen LogP contribution in [0.15, 0.2) is 47.1 Å². The van der Waals surface area contributed by atoms with Gasteiger partial charge in [-0.1, -0.05) is 34.1 Å². The molecule has 0 amide bonds. The number of rotatable bonds is 5. The maximum atomic E-state index is 11.7. The van der Waals surface area contributed by atoms with E-state index in [4.69, 9.17) is 0 Å². The summed E-state index contributed by atoms with van der Waals surface area (Å²) < 4.78 is 0.954. The Hall–Kier alpha value is -2.93. The highest BCUT2D eigenvalue weighted by Gasteiger charge is 2.20. The summed E-state index contributed by atoms with van der Waals surface area (Å²) in [5.41, 5.74) is 3.36. The molecule has 2 aromatic carbocycles. The van der Waals surface area contributed by atoms with Crippen molar-refractivity contribution < 1.29 is 19.8 Å². The summed E-state index contributed by atoms with van der Waals surface area (Å²) in [5, 5.41) is 25.8. The van der Waals surface area contributed by atoms with Gasteiger partial charge in [0.05, 0.1) is 23.0 Å². The second-order valence-corrected chi connectivity index (χ2v) is 6.75. The van der Waals surface area contributed by atoms with E-state index in [1.54, 1.807) is 12.3 Å². The fraction of sp³-hybridized carbons (Fsp3) is 0.105. The number of benzene rings is 2. The van der Waals surface area contributed by atoms with Gasteiger partial charge in [-0.25, -0.2) is 9.59 Å². The summed E-state index contributed by atoms with van der Waals surface area (Å²) in [6.07, 6.45) is 1.98. The van der Waals surface area contributed by atoms with E-state index in [1.807, 2.05) is 24.3 Å². The zero-order chi connectivity index (χ0) is 18.8. The van der Waals surface area contributed by atoms with Crippen molar-refractivity contribution in [2.24, 2.45) is 0 Å². The molecule has 1 heterocycles. The van der Waals surface area contributed by atoms with Crippen LogP contribution in [0.25, 0.3) is 11.3 Å². The summed E-state index contributed by atoms with van der Waals surface area (Å²) in [7, 11) is 0. The van der Waals surface area contributed by atoms with Crippen LogP contribution >= 0.6 is 15.9 Å². The van der Waals surface area contributed by atoms with Gasteiger partial charge < -0.3 is 10.2 Å². The van der Waals surface area contributed by atoms with Gasteiger partial charge in [0.1, 0.15) is 0 Å². The molecule has 0 aliphatic rings. The van der Waals surface area contributed by atoms with Crippen LogP contribution < -0.4 is 0 Å². The number of nitrogens with zero attached hydrogens (tertiary/aromatic N) is 1. The van der Waals surface area contributed by atoms with E-state index in [0.29, 0.717) is 12.0 Å². The normalized spacial score (nSPS) is 10.7. The minimum absolute atomic E-state index is 0.00789. The summed E-state index contributed by atoms with van der Waals surface area (Å²) in [4.78, 5) is 23.0. The van der Waals surface area contributed by atoms with Gasteiger partial charge in [-0.05, 0) is 41.8 Å². The second kappa shape index (κ2) is 7.13. The predicted octanol–water partition coefficient (Wildman–Crippen LogP) is 4.13. The predicted molar refractivity (Wildman–Crippen MR) is 99.6 cm³/mol. The van der Waals surface area contributed by atoms with E-state index in [1.165, 1.54) is 13.0 Å². The van der Waals surface area contributed by atoms with Crippen molar-refractivity contribution in [1.29, 1.82) is 0 Å². The maximum Gasteiger partial charge on any atom is 0.336 e. The van der Waals surface area contributed by atoms with E-state index < -0.39 is 11.9 Å². The number of nitrogens with one attached hydrogen (secondary N) is 1. The zero-order valence-electron chi connectivity index (χ0n) is 13.8. The molecule has 7 heteroatoms. The van der Waals surface area contributed by atoms with Crippen LogP contribution in [0, 0.1) is 6.92 Å². The molecule has 0 aliphatic carbocycles. The topological polar surface area (TPSA) is 103 Å². The summed E-state index contributed by atoms with van der Waals surface area (Å²) >= 11 is 3.39. The number of hydrogen-bond acceptors (Lipinski definition) is 3. The van der Waals surface area contributed by atoms with E-state index in [-0.39, 0.29) is 16.7 Å². The molecule has 0 atom stereocenters. The van der Waals surface area contributed by atoms with Crippen LogP contribution in [-0.2, 0) is 6.42 Å². The average Bonchev–Trinajstić information content (AvgIpc) is 3.03. The highest BCUT2D eigenvalue weighted by Crippen LogP contribution is 2.27.